The van der Waals surface area contributed by atoms with Crippen molar-refractivity contribution in [1.29, 1.82) is 0 Å². The van der Waals surface area contributed by atoms with Crippen LogP contribution in [0.4, 0.5) is 5.69 Å². The van der Waals surface area contributed by atoms with Gasteiger partial charge in [-0.15, -0.1) is 0 Å². The molecule has 22 heavy (non-hydrogen) atoms. The van der Waals surface area contributed by atoms with Crippen molar-refractivity contribution in [2.24, 2.45) is 5.92 Å². The van der Waals surface area contributed by atoms with E-state index in [2.05, 4.69) is 5.32 Å². The van der Waals surface area contributed by atoms with Crippen molar-refractivity contribution in [2.45, 2.75) is 39.0 Å². The summed E-state index contributed by atoms with van der Waals surface area (Å²) in [5, 5.41) is 13.8. The topological polar surface area (TPSA) is 81.5 Å². The Balaban J connectivity index is 1.82. The first-order valence-electron chi connectivity index (χ1n) is 7.71. The molecule has 0 spiro atoms. The van der Waals surface area contributed by atoms with Gasteiger partial charge in [0.1, 0.15) is 0 Å². The Morgan fingerprint density at radius 1 is 1.36 bits per heavy atom. The van der Waals surface area contributed by atoms with Crippen LogP contribution in [-0.2, 0) is 4.79 Å². The van der Waals surface area contributed by atoms with E-state index in [-0.39, 0.29) is 24.0 Å². The fourth-order valence-corrected chi connectivity index (χ4v) is 2.74. The van der Waals surface area contributed by atoms with Gasteiger partial charge in [0.15, 0.2) is 12.4 Å². The number of nitro groups is 1. The van der Waals surface area contributed by atoms with Gasteiger partial charge in [-0.1, -0.05) is 25.3 Å². The molecule has 0 heterocycles. The number of aryl methyl sites for hydroxylation is 1. The third-order valence-corrected chi connectivity index (χ3v) is 3.98. The summed E-state index contributed by atoms with van der Waals surface area (Å²) >= 11 is 0. The number of carbonyl (C=O) groups is 1. The molecule has 120 valence electrons. The number of hydrogen-bond acceptors (Lipinski definition) is 4. The largest absolute Gasteiger partial charge is 0.477 e. The molecule has 1 aliphatic carbocycles. The monoisotopic (exact) mass is 306 g/mol. The molecule has 1 aromatic rings. The minimum atomic E-state index is -0.498. The van der Waals surface area contributed by atoms with Gasteiger partial charge in [0.25, 0.3) is 5.91 Å². The van der Waals surface area contributed by atoms with E-state index in [1.54, 1.807) is 13.0 Å². The Kier molecular flexibility index (Phi) is 5.75. The number of nitrogens with one attached hydrogen (secondary N) is 1. The number of benzene rings is 1. The van der Waals surface area contributed by atoms with Gasteiger partial charge < -0.3 is 10.1 Å². The van der Waals surface area contributed by atoms with Crippen LogP contribution in [-0.4, -0.2) is 24.0 Å². The number of rotatable bonds is 6. The second kappa shape index (κ2) is 7.77. The summed E-state index contributed by atoms with van der Waals surface area (Å²) in [6.45, 7) is 2.24. The zero-order valence-electron chi connectivity index (χ0n) is 12.8. The fraction of sp³-hybridized carbons (Fsp3) is 0.562. The van der Waals surface area contributed by atoms with Crippen molar-refractivity contribution >= 4 is 11.6 Å². The highest BCUT2D eigenvalue weighted by Crippen LogP contribution is 2.27. The van der Waals surface area contributed by atoms with E-state index in [9.17, 15) is 14.9 Å². The maximum Gasteiger partial charge on any atom is 0.311 e. The summed E-state index contributed by atoms with van der Waals surface area (Å²) in [7, 11) is 0. The number of nitrogens with zero attached hydrogens (tertiary/aromatic N) is 1. The van der Waals surface area contributed by atoms with Crippen molar-refractivity contribution in [2.75, 3.05) is 13.2 Å². The van der Waals surface area contributed by atoms with E-state index in [1.807, 2.05) is 0 Å². The van der Waals surface area contributed by atoms with Gasteiger partial charge in [-0.05, 0) is 37.3 Å². The molecule has 1 amide bonds. The Morgan fingerprint density at radius 2 is 2.09 bits per heavy atom. The van der Waals surface area contributed by atoms with E-state index in [4.69, 9.17) is 4.74 Å². The molecule has 0 aliphatic heterocycles. The van der Waals surface area contributed by atoms with Crippen LogP contribution in [0, 0.1) is 23.0 Å². The third-order valence-electron chi connectivity index (χ3n) is 3.98. The molecule has 0 aromatic heterocycles. The van der Waals surface area contributed by atoms with Crippen LogP contribution in [0.3, 0.4) is 0 Å². The van der Waals surface area contributed by atoms with Crippen LogP contribution in [0.25, 0.3) is 0 Å². The molecular weight excluding hydrogens is 284 g/mol. The molecule has 1 N–H and O–H groups in total. The van der Waals surface area contributed by atoms with Gasteiger partial charge in [0.2, 0.25) is 0 Å². The number of carbonyl (C=O) groups excluding carboxylic acids is 1. The Bertz CT molecular complexity index is 539. The molecule has 6 heteroatoms. The number of amides is 1. The highest BCUT2D eigenvalue weighted by Gasteiger charge is 2.17. The quantitative estimate of drug-likeness (QED) is 0.647. The highest BCUT2D eigenvalue weighted by atomic mass is 16.6. The predicted molar refractivity (Wildman–Crippen MR) is 82.9 cm³/mol. The number of nitro benzene ring substituents is 1. The summed E-state index contributed by atoms with van der Waals surface area (Å²) in [5.41, 5.74) is 0.667. The average Bonchev–Trinajstić information content (AvgIpc) is 2.52. The Labute approximate surface area is 130 Å². The van der Waals surface area contributed by atoms with E-state index in [1.165, 1.54) is 31.4 Å². The molecule has 1 saturated carbocycles. The SMILES string of the molecule is Cc1ccc(OCC(=O)NCC2CCCCC2)c([N+](=O)[O-])c1. The molecular formula is C16H22N2O4. The summed E-state index contributed by atoms with van der Waals surface area (Å²) in [5.74, 6) is 0.440. The first kappa shape index (κ1) is 16.3. The second-order valence-electron chi connectivity index (χ2n) is 5.83. The van der Waals surface area contributed by atoms with Crippen molar-refractivity contribution in [3.63, 3.8) is 0 Å². The molecule has 2 rings (SSSR count). The molecule has 0 atom stereocenters. The van der Waals surface area contributed by atoms with Crippen molar-refractivity contribution in [3.05, 3.63) is 33.9 Å². The average molecular weight is 306 g/mol. The molecule has 0 radical (unpaired) electrons. The highest BCUT2D eigenvalue weighted by molar-refractivity contribution is 5.77. The molecule has 0 unspecified atom stereocenters. The molecule has 0 bridgehead atoms. The summed E-state index contributed by atoms with van der Waals surface area (Å²) < 4.78 is 5.30. The zero-order valence-corrected chi connectivity index (χ0v) is 12.8. The first-order chi connectivity index (χ1) is 10.6. The Morgan fingerprint density at radius 3 is 2.77 bits per heavy atom. The molecule has 1 aliphatic rings. The van der Waals surface area contributed by atoms with Gasteiger partial charge in [-0.2, -0.15) is 0 Å². The number of ether oxygens (including phenoxy) is 1. The maximum atomic E-state index is 11.8. The lowest BCUT2D eigenvalue weighted by Crippen LogP contribution is -2.33. The van der Waals surface area contributed by atoms with Gasteiger partial charge in [-0.3, -0.25) is 14.9 Å². The molecule has 1 aromatic carbocycles. The van der Waals surface area contributed by atoms with Crippen LogP contribution >= 0.6 is 0 Å². The number of hydrogen-bond donors (Lipinski definition) is 1. The maximum absolute atomic E-state index is 11.8. The van der Waals surface area contributed by atoms with Gasteiger partial charge >= 0.3 is 5.69 Å². The van der Waals surface area contributed by atoms with E-state index in [0.717, 1.165) is 18.4 Å². The smallest absolute Gasteiger partial charge is 0.311 e. The normalized spacial score (nSPS) is 15.3. The molecule has 0 saturated heterocycles. The van der Waals surface area contributed by atoms with Crippen LogP contribution in [0.5, 0.6) is 5.75 Å². The molecule has 1 fully saturated rings. The van der Waals surface area contributed by atoms with E-state index < -0.39 is 4.92 Å². The van der Waals surface area contributed by atoms with Crippen molar-refractivity contribution in [3.8, 4) is 5.75 Å². The van der Waals surface area contributed by atoms with E-state index in [0.29, 0.717) is 12.5 Å². The van der Waals surface area contributed by atoms with Crippen LogP contribution in [0.15, 0.2) is 18.2 Å². The lowest BCUT2D eigenvalue weighted by Gasteiger charge is -2.21. The van der Waals surface area contributed by atoms with Gasteiger partial charge in [-0.25, -0.2) is 0 Å². The predicted octanol–water partition coefficient (Wildman–Crippen LogP) is 2.98. The van der Waals surface area contributed by atoms with E-state index >= 15 is 0 Å². The zero-order chi connectivity index (χ0) is 15.9. The van der Waals surface area contributed by atoms with Crippen molar-refractivity contribution in [1.82, 2.24) is 5.32 Å². The second-order valence-corrected chi connectivity index (χ2v) is 5.83. The third kappa shape index (κ3) is 4.72. The lowest BCUT2D eigenvalue weighted by atomic mass is 9.89. The minimum Gasteiger partial charge on any atom is -0.477 e. The summed E-state index contributed by atoms with van der Waals surface area (Å²) in [4.78, 5) is 22.3. The van der Waals surface area contributed by atoms with Gasteiger partial charge in [0, 0.05) is 12.6 Å². The fourth-order valence-electron chi connectivity index (χ4n) is 2.74. The summed E-state index contributed by atoms with van der Waals surface area (Å²) in [6, 6.07) is 4.69. The lowest BCUT2D eigenvalue weighted by molar-refractivity contribution is -0.385. The van der Waals surface area contributed by atoms with Crippen LogP contribution in [0.1, 0.15) is 37.7 Å². The van der Waals surface area contributed by atoms with Gasteiger partial charge in [0.05, 0.1) is 4.92 Å². The minimum absolute atomic E-state index is 0.111. The van der Waals surface area contributed by atoms with Crippen LogP contribution in [0.2, 0.25) is 0 Å². The van der Waals surface area contributed by atoms with Crippen LogP contribution < -0.4 is 10.1 Å². The first-order valence-corrected chi connectivity index (χ1v) is 7.71. The molecule has 6 nitrogen and oxygen atoms in total. The standard InChI is InChI=1S/C16H22N2O4/c1-12-7-8-15(14(9-12)18(20)21)22-11-16(19)17-10-13-5-3-2-4-6-13/h7-9,13H,2-6,10-11H2,1H3,(H,17,19). The Hall–Kier alpha value is -2.11. The summed E-state index contributed by atoms with van der Waals surface area (Å²) in [6.07, 6.45) is 6.05. The van der Waals surface area contributed by atoms with Crippen molar-refractivity contribution < 1.29 is 14.5 Å².